The minimum atomic E-state index is -0.592. The fourth-order valence-electron chi connectivity index (χ4n) is 3.21. The van der Waals surface area contributed by atoms with Crippen LogP contribution in [0.4, 0.5) is 11.4 Å². The number of aryl methyl sites for hydroxylation is 1. The highest BCUT2D eigenvalue weighted by molar-refractivity contribution is 6.30. The molecule has 0 aliphatic carbocycles. The summed E-state index contributed by atoms with van der Waals surface area (Å²) >= 11 is 5.96. The molecule has 148 valence electrons. The van der Waals surface area contributed by atoms with Crippen LogP contribution in [0.2, 0.25) is 5.02 Å². The van der Waals surface area contributed by atoms with Crippen molar-refractivity contribution >= 4 is 28.9 Å². The smallest absolute Gasteiger partial charge is 0.269 e. The highest BCUT2D eigenvalue weighted by Gasteiger charge is 2.26. The molecule has 0 saturated carbocycles. The van der Waals surface area contributed by atoms with Crippen molar-refractivity contribution in [1.82, 2.24) is 4.90 Å². The number of carbonyl (C=O) groups is 1. The van der Waals surface area contributed by atoms with Crippen LogP contribution in [0.1, 0.15) is 12.5 Å². The lowest BCUT2D eigenvalue weighted by molar-refractivity contribution is -0.384. The monoisotopic (exact) mass is 403 g/mol. The molecule has 8 heteroatoms. The molecule has 0 bridgehead atoms. The quantitative estimate of drug-likeness (QED) is 0.562. The Balaban J connectivity index is 1.56. The van der Waals surface area contributed by atoms with Crippen LogP contribution >= 0.6 is 11.6 Å². The van der Waals surface area contributed by atoms with Gasteiger partial charge in [-0.2, -0.15) is 0 Å². The third-order valence-electron chi connectivity index (χ3n) is 4.81. The lowest BCUT2D eigenvalue weighted by Gasteiger charge is -2.37. The summed E-state index contributed by atoms with van der Waals surface area (Å²) in [6.07, 6.45) is -0.592. The van der Waals surface area contributed by atoms with Crippen molar-refractivity contribution in [3.63, 3.8) is 0 Å². The second-order valence-electron chi connectivity index (χ2n) is 6.76. The van der Waals surface area contributed by atoms with Crippen molar-refractivity contribution in [3.8, 4) is 5.75 Å². The zero-order valence-electron chi connectivity index (χ0n) is 15.8. The predicted molar refractivity (Wildman–Crippen MR) is 108 cm³/mol. The first kappa shape index (κ1) is 19.9. The lowest BCUT2D eigenvalue weighted by Crippen LogP contribution is -2.52. The maximum absolute atomic E-state index is 12.7. The lowest BCUT2D eigenvalue weighted by atomic mass is 10.2. The Morgan fingerprint density at radius 3 is 2.36 bits per heavy atom. The molecule has 1 aliphatic heterocycles. The van der Waals surface area contributed by atoms with Gasteiger partial charge in [-0.3, -0.25) is 14.9 Å². The highest BCUT2D eigenvalue weighted by Crippen LogP contribution is 2.24. The molecule has 2 aromatic carbocycles. The Hall–Kier alpha value is -2.80. The molecule has 28 heavy (non-hydrogen) atoms. The normalized spacial score (nSPS) is 15.2. The van der Waals surface area contributed by atoms with Crippen LogP contribution in [0.3, 0.4) is 0 Å². The molecule has 0 N–H and O–H groups in total. The standard InChI is InChI=1S/C20H22ClN3O4/c1-14-13-16(21)3-8-19(14)28-15(2)20(25)23-11-9-22(10-12-23)17-4-6-18(7-5-17)24(26)27/h3-8,13,15H,9-12H2,1-2H3. The van der Waals surface area contributed by atoms with E-state index < -0.39 is 11.0 Å². The van der Waals surface area contributed by atoms with Gasteiger partial charge in [-0.15, -0.1) is 0 Å². The first-order valence-corrected chi connectivity index (χ1v) is 9.44. The van der Waals surface area contributed by atoms with E-state index in [9.17, 15) is 14.9 Å². The summed E-state index contributed by atoms with van der Waals surface area (Å²) in [6.45, 7) is 6.11. The SMILES string of the molecule is Cc1cc(Cl)ccc1OC(C)C(=O)N1CCN(c2ccc([N+](=O)[O-])cc2)CC1. The minimum absolute atomic E-state index is 0.0577. The number of carbonyl (C=O) groups excluding carboxylic acids is 1. The van der Waals surface area contributed by atoms with E-state index in [1.54, 1.807) is 42.2 Å². The summed E-state index contributed by atoms with van der Waals surface area (Å²) in [5, 5.41) is 11.4. The van der Waals surface area contributed by atoms with Crippen molar-refractivity contribution in [2.24, 2.45) is 0 Å². The van der Waals surface area contributed by atoms with E-state index in [0.717, 1.165) is 11.3 Å². The number of rotatable bonds is 5. The Morgan fingerprint density at radius 1 is 1.14 bits per heavy atom. The van der Waals surface area contributed by atoms with E-state index >= 15 is 0 Å². The Bertz CT molecular complexity index is 864. The number of hydrogen-bond donors (Lipinski definition) is 0. The molecule has 1 saturated heterocycles. The molecule has 7 nitrogen and oxygen atoms in total. The van der Waals surface area contributed by atoms with E-state index in [0.29, 0.717) is 37.0 Å². The number of ether oxygens (including phenoxy) is 1. The molecular formula is C20H22ClN3O4. The van der Waals surface area contributed by atoms with Gasteiger partial charge in [0.25, 0.3) is 11.6 Å². The molecule has 1 heterocycles. The largest absolute Gasteiger partial charge is 0.481 e. The molecule has 1 fully saturated rings. The van der Waals surface area contributed by atoms with Gasteiger partial charge < -0.3 is 14.5 Å². The van der Waals surface area contributed by atoms with Crippen LogP contribution in [0, 0.1) is 17.0 Å². The fourth-order valence-corrected chi connectivity index (χ4v) is 3.44. The Labute approximate surface area is 168 Å². The number of non-ortho nitro benzene ring substituents is 1. The highest BCUT2D eigenvalue weighted by atomic mass is 35.5. The summed E-state index contributed by atoms with van der Waals surface area (Å²) in [6, 6.07) is 11.8. The van der Waals surface area contributed by atoms with Crippen LogP contribution in [0.25, 0.3) is 0 Å². The maximum Gasteiger partial charge on any atom is 0.269 e. The van der Waals surface area contributed by atoms with Gasteiger partial charge in [-0.25, -0.2) is 0 Å². The maximum atomic E-state index is 12.7. The Kier molecular flexibility index (Phi) is 6.04. The average molecular weight is 404 g/mol. The van der Waals surface area contributed by atoms with Crippen LogP contribution in [0.5, 0.6) is 5.75 Å². The van der Waals surface area contributed by atoms with Gasteiger partial charge in [0.05, 0.1) is 4.92 Å². The Morgan fingerprint density at radius 2 is 1.79 bits per heavy atom. The summed E-state index contributed by atoms with van der Waals surface area (Å²) in [7, 11) is 0. The van der Waals surface area contributed by atoms with Gasteiger partial charge in [-0.05, 0) is 49.7 Å². The summed E-state index contributed by atoms with van der Waals surface area (Å²) < 4.78 is 5.83. The van der Waals surface area contributed by atoms with Gasteiger partial charge in [-0.1, -0.05) is 11.6 Å². The number of benzene rings is 2. The molecule has 1 aliphatic rings. The van der Waals surface area contributed by atoms with E-state index in [-0.39, 0.29) is 11.6 Å². The second-order valence-corrected chi connectivity index (χ2v) is 7.19. The number of piperazine rings is 1. The third-order valence-corrected chi connectivity index (χ3v) is 5.04. The van der Waals surface area contributed by atoms with Crippen LogP contribution in [-0.4, -0.2) is 48.0 Å². The summed E-state index contributed by atoms with van der Waals surface area (Å²) in [4.78, 5) is 27.0. The van der Waals surface area contributed by atoms with Gasteiger partial charge in [0.15, 0.2) is 6.10 Å². The van der Waals surface area contributed by atoms with Crippen molar-refractivity contribution in [2.75, 3.05) is 31.1 Å². The van der Waals surface area contributed by atoms with Gasteiger partial charge in [0, 0.05) is 49.0 Å². The number of amides is 1. The number of halogens is 1. The molecule has 1 atom stereocenters. The molecule has 2 aromatic rings. The molecule has 1 unspecified atom stereocenters. The number of hydrogen-bond acceptors (Lipinski definition) is 5. The predicted octanol–water partition coefficient (Wildman–Crippen LogP) is 3.67. The van der Waals surface area contributed by atoms with Gasteiger partial charge in [0.2, 0.25) is 0 Å². The van der Waals surface area contributed by atoms with Crippen molar-refractivity contribution in [1.29, 1.82) is 0 Å². The first-order valence-electron chi connectivity index (χ1n) is 9.06. The third kappa shape index (κ3) is 4.54. The second kappa shape index (κ2) is 8.48. The molecule has 0 spiro atoms. The molecular weight excluding hydrogens is 382 g/mol. The first-order chi connectivity index (χ1) is 13.3. The zero-order chi connectivity index (χ0) is 20.3. The average Bonchev–Trinajstić information content (AvgIpc) is 2.69. The van der Waals surface area contributed by atoms with E-state index in [4.69, 9.17) is 16.3 Å². The summed E-state index contributed by atoms with van der Waals surface area (Å²) in [5.41, 5.74) is 1.87. The van der Waals surface area contributed by atoms with Crippen LogP contribution in [-0.2, 0) is 4.79 Å². The van der Waals surface area contributed by atoms with Crippen molar-refractivity contribution in [2.45, 2.75) is 20.0 Å². The summed E-state index contributed by atoms with van der Waals surface area (Å²) in [5.74, 6) is 0.590. The topological polar surface area (TPSA) is 75.9 Å². The number of nitro benzene ring substituents is 1. The number of nitro groups is 1. The van der Waals surface area contributed by atoms with Crippen molar-refractivity contribution in [3.05, 3.63) is 63.2 Å². The van der Waals surface area contributed by atoms with Gasteiger partial charge >= 0.3 is 0 Å². The van der Waals surface area contributed by atoms with Crippen LogP contribution < -0.4 is 9.64 Å². The fraction of sp³-hybridized carbons (Fsp3) is 0.350. The molecule has 3 rings (SSSR count). The van der Waals surface area contributed by atoms with E-state index in [2.05, 4.69) is 4.90 Å². The molecule has 1 amide bonds. The minimum Gasteiger partial charge on any atom is -0.481 e. The van der Waals surface area contributed by atoms with E-state index in [1.165, 1.54) is 12.1 Å². The zero-order valence-corrected chi connectivity index (χ0v) is 16.6. The number of nitrogens with zero attached hydrogens (tertiary/aromatic N) is 3. The van der Waals surface area contributed by atoms with Gasteiger partial charge in [0.1, 0.15) is 5.75 Å². The van der Waals surface area contributed by atoms with E-state index in [1.807, 2.05) is 6.92 Å². The molecule has 0 aromatic heterocycles. The molecule has 0 radical (unpaired) electrons. The number of anilines is 1. The van der Waals surface area contributed by atoms with Crippen molar-refractivity contribution < 1.29 is 14.5 Å². The van der Waals surface area contributed by atoms with Crippen LogP contribution in [0.15, 0.2) is 42.5 Å².